The van der Waals surface area contributed by atoms with E-state index >= 15 is 0 Å². The number of carbonyl (C=O) groups is 3. The Morgan fingerprint density at radius 3 is 2.00 bits per heavy atom. The minimum Gasteiger partial charge on any atom is -0.459 e. The minimum absolute atomic E-state index is 0.00177. The monoisotopic (exact) mass is 523 g/mol. The van der Waals surface area contributed by atoms with E-state index in [1.807, 2.05) is 0 Å². The quantitative estimate of drug-likeness (QED) is 0.333. The summed E-state index contributed by atoms with van der Waals surface area (Å²) in [7, 11) is 0. The number of ether oxygens (including phenoxy) is 1. The van der Waals surface area contributed by atoms with E-state index in [9.17, 15) is 14.4 Å². The Morgan fingerprint density at radius 1 is 0.897 bits per heavy atom. The van der Waals surface area contributed by atoms with Crippen LogP contribution in [0.4, 0.5) is 5.69 Å². The van der Waals surface area contributed by atoms with Gasteiger partial charge in [0, 0.05) is 9.65 Å². The number of anilines is 1. The maximum atomic E-state index is 13.1. The van der Waals surface area contributed by atoms with Crippen molar-refractivity contribution in [3.05, 3.63) is 29.8 Å². The van der Waals surface area contributed by atoms with Crippen LogP contribution in [0.1, 0.15) is 48.9 Å². The molecule has 1 aromatic rings. The molecule has 3 aliphatic carbocycles. The summed E-state index contributed by atoms with van der Waals surface area (Å²) in [5.41, 5.74) is 1.000. The Balaban J connectivity index is 1.32. The number of rotatable bonds is 3. The van der Waals surface area contributed by atoms with Crippen LogP contribution in [0.2, 0.25) is 0 Å². The zero-order chi connectivity index (χ0) is 20.3. The molecule has 0 aromatic heterocycles. The van der Waals surface area contributed by atoms with Crippen molar-refractivity contribution in [1.29, 1.82) is 0 Å². The van der Waals surface area contributed by atoms with Gasteiger partial charge < -0.3 is 4.74 Å². The van der Waals surface area contributed by atoms with Crippen LogP contribution in [0, 0.1) is 23.7 Å². The summed E-state index contributed by atoms with van der Waals surface area (Å²) < 4.78 is 5.61. The lowest BCUT2D eigenvalue weighted by atomic mass is 9.81. The van der Waals surface area contributed by atoms with Crippen LogP contribution in [0.15, 0.2) is 24.3 Å². The average molecular weight is 525 g/mol. The Morgan fingerprint density at radius 2 is 1.45 bits per heavy atom. The van der Waals surface area contributed by atoms with Gasteiger partial charge in [-0.3, -0.25) is 14.5 Å². The molecule has 5 rings (SSSR count). The van der Waals surface area contributed by atoms with Crippen LogP contribution in [0.25, 0.3) is 0 Å². The third-order valence-corrected chi connectivity index (χ3v) is 10.4. The number of carbonyl (C=O) groups excluding carboxylic acids is 3. The molecule has 2 amide bonds. The van der Waals surface area contributed by atoms with Gasteiger partial charge in [0.2, 0.25) is 11.8 Å². The van der Waals surface area contributed by atoms with Crippen molar-refractivity contribution in [3.63, 3.8) is 0 Å². The molecule has 5 nitrogen and oxygen atoms in total. The molecule has 0 radical (unpaired) electrons. The first-order chi connectivity index (χ1) is 14.0. The van der Waals surface area contributed by atoms with Crippen LogP contribution in [-0.4, -0.2) is 33.5 Å². The van der Waals surface area contributed by atoms with Crippen molar-refractivity contribution in [2.24, 2.45) is 23.7 Å². The predicted octanol–water partition coefficient (Wildman–Crippen LogP) is 4.46. The molecular weight excluding hydrogens is 502 g/mol. The van der Waals surface area contributed by atoms with Gasteiger partial charge in [0.25, 0.3) is 0 Å². The van der Waals surface area contributed by atoms with E-state index < -0.39 is 0 Å². The average Bonchev–Trinajstić information content (AvgIpc) is 3.34. The molecule has 1 heterocycles. The number of halogens is 2. The summed E-state index contributed by atoms with van der Waals surface area (Å²) in [6, 6.07) is 6.69. The second-order valence-corrected chi connectivity index (χ2v) is 10.8. The summed E-state index contributed by atoms with van der Waals surface area (Å²) in [5, 5.41) is 0. The van der Waals surface area contributed by atoms with E-state index in [0.717, 1.165) is 32.1 Å². The van der Waals surface area contributed by atoms with E-state index in [-0.39, 0.29) is 57.2 Å². The predicted molar refractivity (Wildman–Crippen MR) is 115 cm³/mol. The van der Waals surface area contributed by atoms with Crippen molar-refractivity contribution in [1.82, 2.24) is 0 Å². The Labute approximate surface area is 186 Å². The molecule has 7 heteroatoms. The second kappa shape index (κ2) is 7.49. The third kappa shape index (κ3) is 3.11. The number of alkyl halides is 2. The Bertz CT molecular complexity index is 819. The van der Waals surface area contributed by atoms with Crippen LogP contribution < -0.4 is 4.90 Å². The number of nitrogens with zero attached hydrogens (tertiary/aromatic N) is 1. The van der Waals surface area contributed by atoms with Gasteiger partial charge in [0.15, 0.2) is 0 Å². The van der Waals surface area contributed by atoms with Crippen LogP contribution in [-0.2, 0) is 14.3 Å². The fourth-order valence-corrected chi connectivity index (χ4v) is 7.63. The summed E-state index contributed by atoms with van der Waals surface area (Å²) in [6.07, 6.45) is 6.18. The van der Waals surface area contributed by atoms with Crippen LogP contribution in [0.5, 0.6) is 0 Å². The highest BCUT2D eigenvalue weighted by Gasteiger charge is 2.66. The van der Waals surface area contributed by atoms with Crippen molar-refractivity contribution < 1.29 is 19.1 Å². The topological polar surface area (TPSA) is 63.7 Å². The van der Waals surface area contributed by atoms with Gasteiger partial charge in [-0.05, 0) is 68.2 Å². The van der Waals surface area contributed by atoms with Gasteiger partial charge in [0.05, 0.1) is 23.1 Å². The first kappa shape index (κ1) is 19.7. The van der Waals surface area contributed by atoms with E-state index in [0.29, 0.717) is 11.3 Å². The minimum atomic E-state index is -0.332. The molecule has 0 N–H and O–H groups in total. The molecule has 3 saturated carbocycles. The third-order valence-electron chi connectivity index (χ3n) is 7.17. The molecule has 2 bridgehead atoms. The molecule has 0 spiro atoms. The van der Waals surface area contributed by atoms with E-state index in [4.69, 9.17) is 4.74 Å². The molecule has 6 atom stereocenters. The number of hydrogen-bond acceptors (Lipinski definition) is 4. The largest absolute Gasteiger partial charge is 0.459 e. The highest BCUT2D eigenvalue weighted by molar-refractivity contribution is 9.12. The number of imide groups is 1. The lowest BCUT2D eigenvalue weighted by molar-refractivity contribution is -0.123. The van der Waals surface area contributed by atoms with Crippen LogP contribution in [0.3, 0.4) is 0 Å². The number of esters is 1. The van der Waals surface area contributed by atoms with Gasteiger partial charge >= 0.3 is 5.97 Å². The highest BCUT2D eigenvalue weighted by Crippen LogP contribution is 2.60. The van der Waals surface area contributed by atoms with Gasteiger partial charge in [-0.1, -0.05) is 38.3 Å². The maximum absolute atomic E-state index is 13.1. The standard InChI is InChI=1S/C22H23Br2NO4/c23-18-14-10-15(19(18)24)17-16(14)20(26)25(21(17)27)12-8-6-11(7-9-12)22(28)29-13-4-2-1-3-5-13/h6-9,13-19H,1-5,10H2/t14-,15-,16-,17+,18-,19+/m0/s1. The van der Waals surface area contributed by atoms with Crippen molar-refractivity contribution >= 4 is 55.3 Å². The molecule has 1 aliphatic heterocycles. The first-order valence-corrected chi connectivity index (χ1v) is 12.3. The molecule has 4 aliphatic rings. The number of benzene rings is 1. The van der Waals surface area contributed by atoms with E-state index in [2.05, 4.69) is 31.9 Å². The van der Waals surface area contributed by atoms with Crippen LogP contribution >= 0.6 is 31.9 Å². The zero-order valence-electron chi connectivity index (χ0n) is 15.9. The smallest absolute Gasteiger partial charge is 0.338 e. The Kier molecular flexibility index (Phi) is 5.09. The van der Waals surface area contributed by atoms with Crippen molar-refractivity contribution in [3.8, 4) is 0 Å². The molecule has 0 unspecified atom stereocenters. The van der Waals surface area contributed by atoms with E-state index in [1.54, 1.807) is 24.3 Å². The number of hydrogen-bond donors (Lipinski definition) is 0. The number of amides is 2. The molecule has 1 saturated heterocycles. The van der Waals surface area contributed by atoms with Crippen molar-refractivity contribution in [2.75, 3.05) is 4.90 Å². The molecule has 154 valence electrons. The SMILES string of the molecule is O=C(OC1CCCCC1)c1ccc(N2C(=O)[C@@H]3[C@@H]4C[C@H]([C@H](Br)[C@@H]4Br)[C@@H]3C2=O)cc1. The van der Waals surface area contributed by atoms with Gasteiger partial charge in [-0.2, -0.15) is 0 Å². The first-order valence-electron chi connectivity index (χ1n) is 10.4. The zero-order valence-corrected chi connectivity index (χ0v) is 19.1. The summed E-state index contributed by atoms with van der Waals surface area (Å²) in [6.45, 7) is 0. The van der Waals surface area contributed by atoms with Gasteiger partial charge in [0.1, 0.15) is 6.10 Å². The molecular formula is C22H23Br2NO4. The molecule has 1 aromatic carbocycles. The molecule has 29 heavy (non-hydrogen) atoms. The fraction of sp³-hybridized carbons (Fsp3) is 0.591. The highest BCUT2D eigenvalue weighted by atomic mass is 79.9. The van der Waals surface area contributed by atoms with Gasteiger partial charge in [-0.15, -0.1) is 0 Å². The Hall–Kier alpha value is -1.21. The lowest BCUT2D eigenvalue weighted by Gasteiger charge is -2.28. The normalized spacial score (nSPS) is 36.6. The molecule has 4 fully saturated rings. The van der Waals surface area contributed by atoms with Gasteiger partial charge in [-0.25, -0.2) is 4.79 Å². The van der Waals surface area contributed by atoms with Crippen molar-refractivity contribution in [2.45, 2.75) is 54.3 Å². The summed E-state index contributed by atoms with van der Waals surface area (Å²) in [4.78, 5) is 40.4. The maximum Gasteiger partial charge on any atom is 0.338 e. The lowest BCUT2D eigenvalue weighted by Crippen LogP contribution is -2.37. The van der Waals surface area contributed by atoms with E-state index in [1.165, 1.54) is 11.3 Å². The summed E-state index contributed by atoms with van der Waals surface area (Å²) in [5.74, 6) is -0.617. The fourth-order valence-electron chi connectivity index (χ4n) is 5.75. The number of fused-ring (bicyclic) bond motifs is 5. The second-order valence-electron chi connectivity index (χ2n) is 8.73. The summed E-state index contributed by atoms with van der Waals surface area (Å²) >= 11 is 7.41.